The van der Waals surface area contributed by atoms with Crippen molar-refractivity contribution >= 4 is 17.5 Å². The van der Waals surface area contributed by atoms with Gasteiger partial charge in [0.2, 0.25) is 5.95 Å². The number of hydrogen-bond acceptors (Lipinski definition) is 5. The van der Waals surface area contributed by atoms with E-state index in [0.29, 0.717) is 30.4 Å². The quantitative estimate of drug-likeness (QED) is 0.775. The second-order valence-electron chi connectivity index (χ2n) is 6.93. The molecular formula is C16H17F5N6. The second-order valence-corrected chi connectivity index (χ2v) is 6.93. The maximum atomic E-state index is 13.4. The molecule has 0 aliphatic heterocycles. The van der Waals surface area contributed by atoms with E-state index < -0.39 is 29.5 Å². The van der Waals surface area contributed by atoms with E-state index in [-0.39, 0.29) is 17.8 Å². The van der Waals surface area contributed by atoms with Crippen molar-refractivity contribution in [2.24, 2.45) is 11.8 Å². The van der Waals surface area contributed by atoms with Crippen molar-refractivity contribution in [1.29, 1.82) is 0 Å². The SMILES string of the molecule is CNc1nc(Nc2cnn([C@@H]3C[C@@H]4[C@H](C3)C4(F)F)c2C)ncc1C(F)(F)F. The lowest BCUT2D eigenvalue weighted by Gasteiger charge is -2.17. The molecule has 0 unspecified atom stereocenters. The van der Waals surface area contributed by atoms with Gasteiger partial charge in [-0.3, -0.25) is 4.68 Å². The lowest BCUT2D eigenvalue weighted by molar-refractivity contribution is -0.137. The van der Waals surface area contributed by atoms with Gasteiger partial charge in [0.1, 0.15) is 11.4 Å². The number of halogens is 5. The Kier molecular flexibility index (Phi) is 3.83. The molecule has 2 N–H and O–H groups in total. The number of hydrogen-bond donors (Lipinski definition) is 2. The van der Waals surface area contributed by atoms with Crippen LogP contribution in [0.5, 0.6) is 0 Å². The molecular weight excluding hydrogens is 371 g/mol. The fraction of sp³-hybridized carbons (Fsp3) is 0.562. The van der Waals surface area contributed by atoms with Crippen molar-refractivity contribution in [3.05, 3.63) is 23.7 Å². The van der Waals surface area contributed by atoms with Crippen LogP contribution in [-0.4, -0.2) is 32.7 Å². The van der Waals surface area contributed by atoms with Crippen molar-refractivity contribution in [2.75, 3.05) is 17.7 Å². The predicted molar refractivity (Wildman–Crippen MR) is 87.0 cm³/mol. The third kappa shape index (κ3) is 2.88. The molecule has 4 rings (SSSR count). The molecule has 146 valence electrons. The van der Waals surface area contributed by atoms with Crippen LogP contribution in [0.3, 0.4) is 0 Å². The zero-order valence-electron chi connectivity index (χ0n) is 14.5. The average molecular weight is 388 g/mol. The highest BCUT2D eigenvalue weighted by Crippen LogP contribution is 2.66. The number of nitrogens with zero attached hydrogens (tertiary/aromatic N) is 4. The molecule has 27 heavy (non-hydrogen) atoms. The number of nitrogens with one attached hydrogen (secondary N) is 2. The smallest absolute Gasteiger partial charge is 0.372 e. The Morgan fingerprint density at radius 1 is 1.19 bits per heavy atom. The third-order valence-electron chi connectivity index (χ3n) is 5.39. The summed E-state index contributed by atoms with van der Waals surface area (Å²) in [4.78, 5) is 7.57. The molecule has 0 spiro atoms. The van der Waals surface area contributed by atoms with Crippen molar-refractivity contribution in [3.8, 4) is 0 Å². The number of rotatable bonds is 4. The first-order valence-electron chi connectivity index (χ1n) is 8.43. The van der Waals surface area contributed by atoms with Gasteiger partial charge in [0, 0.05) is 25.1 Å². The molecule has 2 saturated carbocycles. The zero-order valence-corrected chi connectivity index (χ0v) is 14.5. The average Bonchev–Trinajstić information content (AvgIpc) is 2.99. The molecule has 2 heterocycles. The number of aromatic nitrogens is 4. The van der Waals surface area contributed by atoms with E-state index in [1.54, 1.807) is 11.6 Å². The van der Waals surface area contributed by atoms with Crippen LogP contribution in [-0.2, 0) is 6.18 Å². The van der Waals surface area contributed by atoms with Crippen LogP contribution in [0.1, 0.15) is 30.1 Å². The Balaban J connectivity index is 1.52. The van der Waals surface area contributed by atoms with E-state index in [1.165, 1.54) is 13.2 Å². The minimum absolute atomic E-state index is 0.0178. The highest BCUT2D eigenvalue weighted by molar-refractivity contribution is 5.58. The highest BCUT2D eigenvalue weighted by Gasteiger charge is 2.71. The Hall–Kier alpha value is -2.46. The summed E-state index contributed by atoms with van der Waals surface area (Å²) in [6.45, 7) is 1.76. The molecule has 2 aromatic rings. The van der Waals surface area contributed by atoms with E-state index in [2.05, 4.69) is 25.7 Å². The Labute approximate surface area is 151 Å². The van der Waals surface area contributed by atoms with Crippen LogP contribution in [0.15, 0.2) is 12.4 Å². The fourth-order valence-corrected chi connectivity index (χ4v) is 3.86. The number of alkyl halides is 5. The van der Waals surface area contributed by atoms with E-state index in [9.17, 15) is 22.0 Å². The first-order valence-corrected chi connectivity index (χ1v) is 8.43. The highest BCUT2D eigenvalue weighted by atomic mass is 19.4. The molecule has 0 radical (unpaired) electrons. The van der Waals surface area contributed by atoms with Gasteiger partial charge < -0.3 is 10.6 Å². The molecule has 0 saturated heterocycles. The minimum Gasteiger partial charge on any atom is -0.372 e. The summed E-state index contributed by atoms with van der Waals surface area (Å²) >= 11 is 0. The summed E-state index contributed by atoms with van der Waals surface area (Å²) in [5, 5.41) is 9.51. The first-order chi connectivity index (χ1) is 12.6. The molecule has 0 bridgehead atoms. The van der Waals surface area contributed by atoms with Gasteiger partial charge in [-0.1, -0.05) is 0 Å². The molecule has 0 aromatic carbocycles. The van der Waals surface area contributed by atoms with Crippen LogP contribution in [0, 0.1) is 18.8 Å². The zero-order chi connectivity index (χ0) is 19.6. The molecule has 3 atom stereocenters. The van der Waals surface area contributed by atoms with E-state index >= 15 is 0 Å². The molecule has 0 amide bonds. The van der Waals surface area contributed by atoms with Crippen LogP contribution in [0.4, 0.5) is 39.4 Å². The maximum Gasteiger partial charge on any atom is 0.421 e. The fourth-order valence-electron chi connectivity index (χ4n) is 3.86. The summed E-state index contributed by atoms with van der Waals surface area (Å²) in [6.07, 6.45) is -1.62. The van der Waals surface area contributed by atoms with Crippen LogP contribution < -0.4 is 10.6 Å². The molecule has 2 aromatic heterocycles. The summed E-state index contributed by atoms with van der Waals surface area (Å²) in [5.41, 5.74) is 0.248. The van der Waals surface area contributed by atoms with E-state index in [1.807, 2.05) is 0 Å². The van der Waals surface area contributed by atoms with Crippen LogP contribution in [0.2, 0.25) is 0 Å². The number of fused-ring (bicyclic) bond motifs is 1. The molecule has 6 nitrogen and oxygen atoms in total. The van der Waals surface area contributed by atoms with Crippen LogP contribution in [0.25, 0.3) is 0 Å². The van der Waals surface area contributed by atoms with Gasteiger partial charge >= 0.3 is 6.18 Å². The van der Waals surface area contributed by atoms with E-state index in [0.717, 1.165) is 0 Å². The molecule has 11 heteroatoms. The summed E-state index contributed by atoms with van der Waals surface area (Å²) in [6, 6.07) is -0.100. The predicted octanol–water partition coefficient (Wildman–Crippen LogP) is 4.00. The topological polar surface area (TPSA) is 67.7 Å². The normalized spacial score (nSPS) is 26.0. The largest absolute Gasteiger partial charge is 0.421 e. The van der Waals surface area contributed by atoms with Gasteiger partial charge in [-0.05, 0) is 19.8 Å². The van der Waals surface area contributed by atoms with Crippen molar-refractivity contribution in [3.63, 3.8) is 0 Å². The van der Waals surface area contributed by atoms with Gasteiger partial charge in [0.25, 0.3) is 5.92 Å². The van der Waals surface area contributed by atoms with Gasteiger partial charge in [0.15, 0.2) is 0 Å². The summed E-state index contributed by atoms with van der Waals surface area (Å²) in [7, 11) is 1.34. The first kappa shape index (κ1) is 17.9. The summed E-state index contributed by atoms with van der Waals surface area (Å²) in [5.74, 6) is -4.05. The van der Waals surface area contributed by atoms with Crippen LogP contribution >= 0.6 is 0 Å². The Bertz CT molecular complexity index is 863. The summed E-state index contributed by atoms with van der Waals surface area (Å²) < 4.78 is 67.2. The second kappa shape index (κ2) is 5.77. The minimum atomic E-state index is -4.57. The Morgan fingerprint density at radius 2 is 1.85 bits per heavy atom. The Morgan fingerprint density at radius 3 is 2.44 bits per heavy atom. The van der Waals surface area contributed by atoms with Crippen molar-refractivity contribution in [2.45, 2.75) is 37.9 Å². The van der Waals surface area contributed by atoms with E-state index in [4.69, 9.17) is 0 Å². The van der Waals surface area contributed by atoms with Gasteiger partial charge in [-0.15, -0.1) is 0 Å². The standard InChI is InChI=1S/C16H17F5N6/c1-7-12(6-24-27(7)8-3-9-10(4-8)15(9,17)18)25-14-23-5-11(16(19,20)21)13(22-2)26-14/h5-6,8-10H,3-4H2,1-2H3,(H2,22,23,25,26)/t8-,9-,10+. The number of anilines is 3. The van der Waals surface area contributed by atoms with Crippen molar-refractivity contribution < 1.29 is 22.0 Å². The molecule has 2 aliphatic rings. The molecule has 2 aliphatic carbocycles. The lowest BCUT2D eigenvalue weighted by Crippen LogP contribution is -2.15. The maximum absolute atomic E-state index is 13.4. The monoisotopic (exact) mass is 388 g/mol. The van der Waals surface area contributed by atoms with Gasteiger partial charge in [-0.25, -0.2) is 13.8 Å². The third-order valence-corrected chi connectivity index (χ3v) is 5.39. The molecule has 2 fully saturated rings. The van der Waals surface area contributed by atoms with Gasteiger partial charge in [0.05, 0.1) is 23.6 Å². The lowest BCUT2D eigenvalue weighted by atomic mass is 10.1. The van der Waals surface area contributed by atoms with Crippen molar-refractivity contribution in [1.82, 2.24) is 19.7 Å². The van der Waals surface area contributed by atoms with Gasteiger partial charge in [-0.2, -0.15) is 23.3 Å².